The number of para-hydroxylation sites is 1. The van der Waals surface area contributed by atoms with Crippen molar-refractivity contribution in [1.29, 1.82) is 0 Å². The molecule has 0 aliphatic heterocycles. The van der Waals surface area contributed by atoms with Crippen LogP contribution in [0.25, 0.3) is 10.2 Å². The molecule has 0 saturated carbocycles. The number of thiazole rings is 1. The summed E-state index contributed by atoms with van der Waals surface area (Å²) in [5.74, 6) is 1.11. The Kier molecular flexibility index (Phi) is 3.89. The summed E-state index contributed by atoms with van der Waals surface area (Å²) in [7, 11) is 1.71. The Balaban J connectivity index is 1.75. The smallest absolute Gasteiger partial charge is 0.283 e. The highest BCUT2D eigenvalue weighted by Crippen LogP contribution is 2.22. The van der Waals surface area contributed by atoms with E-state index in [1.54, 1.807) is 11.9 Å². The molecular weight excluding hydrogens is 300 g/mol. The quantitative estimate of drug-likeness (QED) is 0.739. The first-order valence-corrected chi connectivity index (χ1v) is 7.79. The Labute approximate surface area is 131 Å². The largest absolute Gasteiger partial charge is 0.339 e. The molecule has 3 aromatic rings. The summed E-state index contributed by atoms with van der Waals surface area (Å²) in [5, 5.41) is 4.37. The zero-order chi connectivity index (χ0) is 15.7. The van der Waals surface area contributed by atoms with Crippen LogP contribution in [-0.4, -0.2) is 33.0 Å². The van der Waals surface area contributed by atoms with Crippen molar-refractivity contribution in [1.82, 2.24) is 20.0 Å². The molecule has 2 aromatic heterocycles. The van der Waals surface area contributed by atoms with Gasteiger partial charge >= 0.3 is 0 Å². The van der Waals surface area contributed by atoms with Gasteiger partial charge in [0.2, 0.25) is 5.89 Å². The number of aromatic nitrogens is 3. The molecule has 1 aromatic carbocycles. The van der Waals surface area contributed by atoms with Crippen LogP contribution in [-0.2, 0) is 6.54 Å². The lowest BCUT2D eigenvalue weighted by Crippen LogP contribution is -2.26. The molecule has 7 heteroatoms. The van der Waals surface area contributed by atoms with Crippen LogP contribution in [0.1, 0.15) is 41.3 Å². The van der Waals surface area contributed by atoms with Crippen molar-refractivity contribution < 1.29 is 9.32 Å². The second-order valence-electron chi connectivity index (χ2n) is 5.35. The number of nitrogens with zero attached hydrogens (tertiary/aromatic N) is 4. The van der Waals surface area contributed by atoms with Gasteiger partial charge in [-0.1, -0.05) is 31.1 Å². The van der Waals surface area contributed by atoms with Crippen LogP contribution in [0.3, 0.4) is 0 Å². The Morgan fingerprint density at radius 2 is 2.09 bits per heavy atom. The molecule has 0 aliphatic rings. The first-order valence-electron chi connectivity index (χ1n) is 6.98. The highest BCUT2D eigenvalue weighted by atomic mass is 32.1. The Hall–Kier alpha value is -2.28. The Morgan fingerprint density at radius 3 is 2.77 bits per heavy atom. The van der Waals surface area contributed by atoms with Gasteiger partial charge in [-0.2, -0.15) is 4.98 Å². The van der Waals surface area contributed by atoms with E-state index < -0.39 is 0 Å². The van der Waals surface area contributed by atoms with Crippen molar-refractivity contribution in [3.63, 3.8) is 0 Å². The maximum absolute atomic E-state index is 12.4. The molecule has 22 heavy (non-hydrogen) atoms. The minimum Gasteiger partial charge on any atom is -0.339 e. The fourth-order valence-electron chi connectivity index (χ4n) is 1.98. The van der Waals surface area contributed by atoms with Gasteiger partial charge in [0.15, 0.2) is 10.8 Å². The molecule has 6 nitrogen and oxygen atoms in total. The molecule has 0 unspecified atom stereocenters. The Morgan fingerprint density at radius 1 is 1.32 bits per heavy atom. The van der Waals surface area contributed by atoms with Gasteiger partial charge in [0.25, 0.3) is 5.91 Å². The van der Waals surface area contributed by atoms with E-state index in [0.29, 0.717) is 23.3 Å². The predicted octanol–water partition coefficient (Wildman–Crippen LogP) is 3.07. The number of rotatable bonds is 4. The van der Waals surface area contributed by atoms with Crippen molar-refractivity contribution >= 4 is 27.5 Å². The molecule has 1 amide bonds. The van der Waals surface area contributed by atoms with Gasteiger partial charge < -0.3 is 9.42 Å². The van der Waals surface area contributed by atoms with Gasteiger partial charge in [-0.15, -0.1) is 11.3 Å². The third-order valence-corrected chi connectivity index (χ3v) is 4.20. The topological polar surface area (TPSA) is 72.1 Å². The Bertz CT molecular complexity index is 776. The first kappa shape index (κ1) is 14.6. The van der Waals surface area contributed by atoms with E-state index in [1.165, 1.54) is 11.3 Å². The zero-order valence-electron chi connectivity index (χ0n) is 12.6. The molecule has 0 bridgehead atoms. The number of carbonyl (C=O) groups is 1. The van der Waals surface area contributed by atoms with E-state index >= 15 is 0 Å². The highest BCUT2D eigenvalue weighted by Gasteiger charge is 2.19. The van der Waals surface area contributed by atoms with Crippen LogP contribution in [0.5, 0.6) is 0 Å². The standard InChI is InChI=1S/C15H16N4O2S/c1-9(2)13-17-12(18-21-13)8-19(3)15(20)14-16-10-6-4-5-7-11(10)22-14/h4-7,9H,8H2,1-3H3. The molecular formula is C15H16N4O2S. The SMILES string of the molecule is CC(C)c1nc(CN(C)C(=O)c2nc3ccccc3s2)no1. The van der Waals surface area contributed by atoms with Gasteiger partial charge in [0, 0.05) is 13.0 Å². The van der Waals surface area contributed by atoms with Crippen molar-refractivity contribution in [2.24, 2.45) is 0 Å². The van der Waals surface area contributed by atoms with Crippen LogP contribution in [0.15, 0.2) is 28.8 Å². The van der Waals surface area contributed by atoms with Gasteiger partial charge in [-0.25, -0.2) is 4.98 Å². The fraction of sp³-hybridized carbons (Fsp3) is 0.333. The number of carbonyl (C=O) groups excluding carboxylic acids is 1. The van der Waals surface area contributed by atoms with Crippen molar-refractivity contribution in [3.8, 4) is 0 Å². The third kappa shape index (κ3) is 2.85. The number of benzene rings is 1. The van der Waals surface area contributed by atoms with Crippen LogP contribution >= 0.6 is 11.3 Å². The molecule has 0 atom stereocenters. The van der Waals surface area contributed by atoms with Crippen molar-refractivity contribution in [2.45, 2.75) is 26.3 Å². The molecule has 114 valence electrons. The first-order chi connectivity index (χ1) is 10.5. The van der Waals surface area contributed by atoms with E-state index in [-0.39, 0.29) is 11.8 Å². The van der Waals surface area contributed by atoms with E-state index in [0.717, 1.165) is 10.2 Å². The average Bonchev–Trinajstić information content (AvgIpc) is 3.12. The van der Waals surface area contributed by atoms with E-state index in [2.05, 4.69) is 15.1 Å². The summed E-state index contributed by atoms with van der Waals surface area (Å²) in [4.78, 5) is 22.6. The lowest BCUT2D eigenvalue weighted by Gasteiger charge is -2.12. The molecule has 0 aliphatic carbocycles. The minimum absolute atomic E-state index is 0.142. The maximum Gasteiger partial charge on any atom is 0.283 e. The minimum atomic E-state index is -0.142. The summed E-state index contributed by atoms with van der Waals surface area (Å²) in [6.07, 6.45) is 0. The van der Waals surface area contributed by atoms with Gasteiger partial charge in [-0.3, -0.25) is 4.79 Å². The molecule has 0 saturated heterocycles. The third-order valence-electron chi connectivity index (χ3n) is 3.18. The number of hydrogen-bond donors (Lipinski definition) is 0. The summed E-state index contributed by atoms with van der Waals surface area (Å²) in [6.45, 7) is 4.26. The number of amides is 1. The molecule has 2 heterocycles. The second-order valence-corrected chi connectivity index (χ2v) is 6.38. The van der Waals surface area contributed by atoms with E-state index in [4.69, 9.17) is 4.52 Å². The number of hydrogen-bond acceptors (Lipinski definition) is 6. The molecule has 3 rings (SSSR count). The van der Waals surface area contributed by atoms with Crippen LogP contribution in [0.2, 0.25) is 0 Å². The summed E-state index contributed by atoms with van der Waals surface area (Å²) in [6, 6.07) is 7.70. The predicted molar refractivity (Wildman–Crippen MR) is 83.8 cm³/mol. The molecule has 0 N–H and O–H groups in total. The summed E-state index contributed by atoms with van der Waals surface area (Å²) in [5.41, 5.74) is 0.839. The summed E-state index contributed by atoms with van der Waals surface area (Å²) >= 11 is 1.39. The normalized spacial score (nSPS) is 11.3. The average molecular weight is 316 g/mol. The fourth-order valence-corrected chi connectivity index (χ4v) is 2.94. The van der Waals surface area contributed by atoms with Crippen LogP contribution in [0, 0.1) is 0 Å². The lowest BCUT2D eigenvalue weighted by molar-refractivity contribution is 0.0780. The number of fused-ring (bicyclic) bond motifs is 1. The van der Waals surface area contributed by atoms with E-state index in [1.807, 2.05) is 38.1 Å². The second kappa shape index (κ2) is 5.84. The molecule has 0 fully saturated rings. The lowest BCUT2D eigenvalue weighted by atomic mass is 10.2. The van der Waals surface area contributed by atoms with Gasteiger partial charge in [0.1, 0.15) is 0 Å². The molecule has 0 spiro atoms. The monoisotopic (exact) mass is 316 g/mol. The van der Waals surface area contributed by atoms with Crippen molar-refractivity contribution in [3.05, 3.63) is 41.0 Å². The van der Waals surface area contributed by atoms with Gasteiger partial charge in [0.05, 0.1) is 16.8 Å². The van der Waals surface area contributed by atoms with E-state index in [9.17, 15) is 4.79 Å². The molecule has 0 radical (unpaired) electrons. The van der Waals surface area contributed by atoms with Gasteiger partial charge in [-0.05, 0) is 12.1 Å². The van der Waals surface area contributed by atoms with Crippen LogP contribution < -0.4 is 0 Å². The van der Waals surface area contributed by atoms with Crippen molar-refractivity contribution in [2.75, 3.05) is 7.05 Å². The zero-order valence-corrected chi connectivity index (χ0v) is 13.4. The highest BCUT2D eigenvalue weighted by molar-refractivity contribution is 7.20. The van der Waals surface area contributed by atoms with Crippen LogP contribution in [0.4, 0.5) is 0 Å². The summed E-state index contributed by atoms with van der Waals surface area (Å²) < 4.78 is 6.15. The maximum atomic E-state index is 12.4.